The molecule has 1 aliphatic rings. The summed E-state index contributed by atoms with van der Waals surface area (Å²) in [5.41, 5.74) is 3.10. The highest BCUT2D eigenvalue weighted by Gasteiger charge is 2.16. The van der Waals surface area contributed by atoms with E-state index in [1.54, 1.807) is 5.48 Å². The largest absolute Gasteiger partial charge is 0.354 e. The van der Waals surface area contributed by atoms with Gasteiger partial charge in [0, 0.05) is 18.9 Å². The van der Waals surface area contributed by atoms with Gasteiger partial charge in [-0.3, -0.25) is 10.0 Å². The van der Waals surface area contributed by atoms with E-state index < -0.39 is 5.91 Å². The maximum absolute atomic E-state index is 11.1. The maximum Gasteiger partial charge on any atom is 0.277 e. The number of terminal acetylenes is 1. The number of aromatic nitrogens is 2. The lowest BCUT2D eigenvalue weighted by Crippen LogP contribution is -2.33. The van der Waals surface area contributed by atoms with Crippen molar-refractivity contribution in [2.45, 2.75) is 19.8 Å². The van der Waals surface area contributed by atoms with Crippen molar-refractivity contribution in [1.82, 2.24) is 20.3 Å². The number of carbonyl (C=O) groups excluding carboxylic acids is 2. The monoisotopic (exact) mass is 491 g/mol. The molecule has 0 aliphatic carbocycles. The van der Waals surface area contributed by atoms with E-state index in [4.69, 9.17) is 10.0 Å². The maximum atomic E-state index is 11.1. The van der Waals surface area contributed by atoms with E-state index in [0.717, 1.165) is 19.6 Å². The van der Waals surface area contributed by atoms with Gasteiger partial charge in [0.1, 0.15) is 6.79 Å². The summed E-state index contributed by atoms with van der Waals surface area (Å²) >= 11 is 0. The number of benzene rings is 2. The Balaban J connectivity index is 0.000000611. The molecule has 1 saturated heterocycles. The van der Waals surface area contributed by atoms with Crippen LogP contribution in [0.5, 0.6) is 0 Å². The summed E-state index contributed by atoms with van der Waals surface area (Å²) in [6.07, 6.45) is 13.1. The molecule has 0 saturated carbocycles. The molecule has 4 rings (SSSR count). The highest BCUT2D eigenvalue weighted by molar-refractivity contribution is 5.92. The van der Waals surface area contributed by atoms with Crippen LogP contribution in [0.1, 0.15) is 28.8 Å². The molecule has 0 radical (unpaired) electrons. The molecule has 36 heavy (non-hydrogen) atoms. The Morgan fingerprint density at radius 1 is 1.06 bits per heavy atom. The number of hydrogen-bond acceptors (Lipinski definition) is 7. The molecule has 1 aromatic heterocycles. The Morgan fingerprint density at radius 3 is 2.17 bits per heavy atom. The van der Waals surface area contributed by atoms with E-state index in [1.165, 1.54) is 41.6 Å². The van der Waals surface area contributed by atoms with Crippen molar-refractivity contribution in [3.63, 3.8) is 0 Å². The molecule has 2 heterocycles. The van der Waals surface area contributed by atoms with E-state index in [1.807, 2.05) is 6.79 Å². The summed E-state index contributed by atoms with van der Waals surface area (Å²) in [5.74, 6) is 0.538. The quantitative estimate of drug-likeness (QED) is 0.215. The Hall–Kier alpha value is -4.06. The topological polar surface area (TPSA) is 107 Å². The van der Waals surface area contributed by atoms with Crippen LogP contribution in [0.2, 0.25) is 0 Å². The van der Waals surface area contributed by atoms with Gasteiger partial charge in [0.25, 0.3) is 5.91 Å². The minimum absolute atomic E-state index is 0.229. The predicted octanol–water partition coefficient (Wildman–Crippen LogP) is 4.36. The summed E-state index contributed by atoms with van der Waals surface area (Å²) in [5, 5.41) is 14.3. The fourth-order valence-corrected chi connectivity index (χ4v) is 3.41. The fraction of sp³-hybridized carbons (Fsp3) is 0.286. The number of hydrogen-bond donors (Lipinski definition) is 3. The lowest BCUT2D eigenvalue weighted by molar-refractivity contribution is -0.0980. The summed E-state index contributed by atoms with van der Waals surface area (Å²) < 4.78 is 0. The van der Waals surface area contributed by atoms with Gasteiger partial charge < -0.3 is 15.0 Å². The third-order valence-corrected chi connectivity index (χ3v) is 5.31. The first kappa shape index (κ1) is 31.9. The third-order valence-electron chi connectivity index (χ3n) is 5.31. The molecule has 0 unspecified atom stereocenters. The summed E-state index contributed by atoms with van der Waals surface area (Å²) in [6, 6.07) is 14.9. The van der Waals surface area contributed by atoms with E-state index >= 15 is 0 Å². The van der Waals surface area contributed by atoms with Gasteiger partial charge in [-0.15, -0.1) is 26.0 Å². The molecular formula is C28H37N5O3. The number of amides is 1. The first-order valence-corrected chi connectivity index (χ1v) is 11.3. The molecule has 3 aromatic rings. The molecule has 1 aliphatic heterocycles. The standard InChI is InChI=1S/C12H19N5O2.C11H10.C2H4.C2H2.CH2O/c1-17-4-2-9(3-5-17)6-13-12-14-7-10(8-15-12)11(18)16-19;1-9-6-7-10-4-2-3-5-11(10)8-9;3*1-2/h7-9,19H,2-6H2,1H3,(H,16,18)(H,13,14,15);2-8H,1H3;1-2H2;1-2H;1H2. The number of fused-ring (bicyclic) bond motifs is 1. The van der Waals surface area contributed by atoms with Crippen molar-refractivity contribution >= 4 is 29.4 Å². The molecule has 2 aromatic carbocycles. The summed E-state index contributed by atoms with van der Waals surface area (Å²) in [7, 11) is 2.14. The Bertz CT molecular complexity index is 1030. The van der Waals surface area contributed by atoms with E-state index in [9.17, 15) is 4.79 Å². The van der Waals surface area contributed by atoms with E-state index in [-0.39, 0.29) is 5.56 Å². The summed E-state index contributed by atoms with van der Waals surface area (Å²) in [4.78, 5) is 29.5. The van der Waals surface area contributed by atoms with Crippen molar-refractivity contribution in [2.75, 3.05) is 32.0 Å². The highest BCUT2D eigenvalue weighted by Crippen LogP contribution is 2.16. The van der Waals surface area contributed by atoms with Crippen LogP contribution in [0.25, 0.3) is 10.8 Å². The Labute approximate surface area is 214 Å². The average molecular weight is 492 g/mol. The van der Waals surface area contributed by atoms with Crippen LogP contribution in [0.3, 0.4) is 0 Å². The zero-order chi connectivity index (χ0) is 27.3. The van der Waals surface area contributed by atoms with Crippen molar-refractivity contribution in [3.05, 3.63) is 79.1 Å². The fourth-order valence-electron chi connectivity index (χ4n) is 3.41. The highest BCUT2D eigenvalue weighted by atomic mass is 16.5. The van der Waals surface area contributed by atoms with Gasteiger partial charge in [-0.05, 0) is 56.6 Å². The van der Waals surface area contributed by atoms with Crippen molar-refractivity contribution < 1.29 is 14.8 Å². The van der Waals surface area contributed by atoms with Crippen LogP contribution in [0.15, 0.2) is 68.0 Å². The molecule has 8 heteroatoms. The lowest BCUT2D eigenvalue weighted by atomic mass is 9.97. The van der Waals surface area contributed by atoms with Gasteiger partial charge in [0.2, 0.25) is 5.95 Å². The van der Waals surface area contributed by atoms with Crippen molar-refractivity contribution in [3.8, 4) is 12.8 Å². The van der Waals surface area contributed by atoms with Gasteiger partial charge >= 0.3 is 0 Å². The zero-order valence-electron chi connectivity index (χ0n) is 21.2. The number of aryl methyl sites for hydroxylation is 1. The second-order valence-corrected chi connectivity index (χ2v) is 7.71. The second kappa shape index (κ2) is 19.3. The normalized spacial score (nSPS) is 12.5. The number of hydroxylamine groups is 1. The van der Waals surface area contributed by atoms with Crippen molar-refractivity contribution in [1.29, 1.82) is 0 Å². The molecule has 1 fully saturated rings. The van der Waals surface area contributed by atoms with Crippen molar-refractivity contribution in [2.24, 2.45) is 5.92 Å². The van der Waals surface area contributed by atoms with Gasteiger partial charge in [-0.2, -0.15) is 0 Å². The third kappa shape index (κ3) is 11.4. The number of nitrogens with zero attached hydrogens (tertiary/aromatic N) is 3. The molecule has 1 amide bonds. The number of piperidine rings is 1. The van der Waals surface area contributed by atoms with Crippen LogP contribution in [0.4, 0.5) is 5.95 Å². The average Bonchev–Trinajstić information content (AvgIpc) is 2.96. The Kier molecular flexibility index (Phi) is 17.1. The SMILES string of the molecule is C#C.C=C.C=O.CN1CCC(CNc2ncc(C(=O)NO)cn2)CC1.Cc1ccc2ccccc2c1. The Morgan fingerprint density at radius 2 is 1.61 bits per heavy atom. The second-order valence-electron chi connectivity index (χ2n) is 7.71. The molecule has 0 bridgehead atoms. The minimum atomic E-state index is -0.609. The van der Waals surface area contributed by atoms with Crippen LogP contribution in [-0.4, -0.2) is 59.5 Å². The number of likely N-dealkylation sites (tertiary alicyclic amines) is 1. The van der Waals surface area contributed by atoms with E-state index in [2.05, 4.69) is 103 Å². The number of nitrogens with one attached hydrogen (secondary N) is 2. The van der Waals surface area contributed by atoms with Crippen LogP contribution >= 0.6 is 0 Å². The number of anilines is 1. The molecule has 0 spiro atoms. The summed E-state index contributed by atoms with van der Waals surface area (Å²) in [6.45, 7) is 13.2. The molecule has 192 valence electrons. The van der Waals surface area contributed by atoms with Gasteiger partial charge in [0.15, 0.2) is 0 Å². The number of carbonyl (C=O) groups is 2. The first-order valence-electron chi connectivity index (χ1n) is 11.3. The molecule has 0 atom stereocenters. The van der Waals surface area contributed by atoms with Gasteiger partial charge in [-0.1, -0.05) is 48.0 Å². The molecule has 3 N–H and O–H groups in total. The first-order chi connectivity index (χ1) is 17.5. The van der Waals surface area contributed by atoms with Crippen LogP contribution in [-0.2, 0) is 4.79 Å². The number of rotatable bonds is 4. The van der Waals surface area contributed by atoms with Crippen LogP contribution < -0.4 is 10.8 Å². The van der Waals surface area contributed by atoms with Gasteiger partial charge in [0.05, 0.1) is 5.56 Å². The van der Waals surface area contributed by atoms with E-state index in [0.29, 0.717) is 11.9 Å². The zero-order valence-corrected chi connectivity index (χ0v) is 21.2. The minimum Gasteiger partial charge on any atom is -0.354 e. The molecular weight excluding hydrogens is 454 g/mol. The lowest BCUT2D eigenvalue weighted by Gasteiger charge is -2.28. The van der Waals surface area contributed by atoms with Gasteiger partial charge in [-0.25, -0.2) is 15.4 Å². The molecule has 8 nitrogen and oxygen atoms in total. The predicted molar refractivity (Wildman–Crippen MR) is 147 cm³/mol. The smallest absolute Gasteiger partial charge is 0.277 e. The van der Waals surface area contributed by atoms with Crippen LogP contribution in [0, 0.1) is 25.7 Å².